The van der Waals surface area contributed by atoms with Gasteiger partial charge in [-0.15, -0.1) is 0 Å². The van der Waals surface area contributed by atoms with Crippen LogP contribution >= 0.6 is 0 Å². The van der Waals surface area contributed by atoms with E-state index in [-0.39, 0.29) is 12.2 Å². The molecule has 0 aromatic heterocycles. The van der Waals surface area contributed by atoms with Gasteiger partial charge in [0.2, 0.25) is 0 Å². The molecule has 140 valence electrons. The number of aryl methyl sites for hydroxylation is 1. The van der Waals surface area contributed by atoms with Crippen molar-refractivity contribution in [3.05, 3.63) is 23.8 Å². The molecule has 0 bridgehead atoms. The molecule has 1 aromatic carbocycles. The van der Waals surface area contributed by atoms with E-state index < -0.39 is 17.6 Å². The van der Waals surface area contributed by atoms with Crippen LogP contribution in [-0.4, -0.2) is 31.1 Å². The molecule has 1 rings (SSSR count). The van der Waals surface area contributed by atoms with Gasteiger partial charge in [-0.2, -0.15) is 0 Å². The van der Waals surface area contributed by atoms with Crippen LogP contribution in [0.5, 0.6) is 0 Å². The Bertz CT molecular complexity index is 601. The molecule has 1 aromatic rings. The number of benzene rings is 1. The highest BCUT2D eigenvalue weighted by Crippen LogP contribution is 2.23. The van der Waals surface area contributed by atoms with Crippen LogP contribution in [-0.2, 0) is 9.53 Å². The maximum absolute atomic E-state index is 12.1. The number of nitrogens with one attached hydrogen (secondary N) is 1. The van der Waals surface area contributed by atoms with Gasteiger partial charge in [-0.1, -0.05) is 20.8 Å². The lowest BCUT2D eigenvalue weighted by Crippen LogP contribution is -2.28. The minimum Gasteiger partial charge on any atom is -0.446 e. The van der Waals surface area contributed by atoms with E-state index in [1.165, 1.54) is 0 Å². The molecule has 0 spiro atoms. The summed E-state index contributed by atoms with van der Waals surface area (Å²) in [4.78, 5) is 26.3. The van der Waals surface area contributed by atoms with Crippen molar-refractivity contribution in [2.75, 3.05) is 23.3 Å². The second-order valence-electron chi connectivity index (χ2n) is 7.39. The lowest BCUT2D eigenvalue weighted by Gasteiger charge is -2.22. The van der Waals surface area contributed by atoms with E-state index in [0.717, 1.165) is 30.0 Å². The molecule has 1 N–H and O–H groups in total. The van der Waals surface area contributed by atoms with Crippen LogP contribution < -0.4 is 10.2 Å². The molecular weight excluding hydrogens is 316 g/mol. The van der Waals surface area contributed by atoms with Gasteiger partial charge in [0.05, 0.1) is 0 Å². The average Bonchev–Trinajstić information content (AvgIpc) is 2.49. The molecule has 0 aliphatic heterocycles. The Morgan fingerprint density at radius 3 is 2.28 bits per heavy atom. The lowest BCUT2D eigenvalue weighted by atomic mass is 9.88. The molecule has 1 amide bonds. The maximum Gasteiger partial charge on any atom is 0.411 e. The SMILES string of the molecule is CCN(CC)c1ccc(NC(=O)OC(C)CC(=O)C(C)(C)C)c(C)c1. The zero-order valence-electron chi connectivity index (χ0n) is 16.6. The van der Waals surface area contributed by atoms with Crippen molar-refractivity contribution in [1.29, 1.82) is 0 Å². The molecule has 25 heavy (non-hydrogen) atoms. The molecule has 0 fully saturated rings. The Hall–Kier alpha value is -2.04. The molecular formula is C20H32N2O3. The first kappa shape index (κ1) is 21.0. The number of ether oxygens (including phenoxy) is 1. The zero-order valence-corrected chi connectivity index (χ0v) is 16.6. The molecule has 5 heteroatoms. The Balaban J connectivity index is 2.67. The summed E-state index contributed by atoms with van der Waals surface area (Å²) < 4.78 is 5.31. The summed E-state index contributed by atoms with van der Waals surface area (Å²) in [6.45, 7) is 15.4. The minimum absolute atomic E-state index is 0.0764. The van der Waals surface area contributed by atoms with Crippen LogP contribution in [0.15, 0.2) is 18.2 Å². The third kappa shape index (κ3) is 6.40. The fraction of sp³-hybridized carbons (Fsp3) is 0.600. The van der Waals surface area contributed by atoms with Crippen LogP contribution in [0.3, 0.4) is 0 Å². The third-order valence-electron chi connectivity index (χ3n) is 4.19. The smallest absolute Gasteiger partial charge is 0.411 e. The number of nitrogens with zero attached hydrogens (tertiary/aromatic N) is 1. The standard InChI is InChI=1S/C20H32N2O3/c1-8-22(9-2)16-10-11-17(14(3)12-16)21-19(24)25-15(4)13-18(23)20(5,6)7/h10-12,15H,8-9,13H2,1-7H3,(H,21,24). The van der Waals surface area contributed by atoms with Crippen molar-refractivity contribution in [2.24, 2.45) is 5.41 Å². The number of anilines is 2. The summed E-state index contributed by atoms with van der Waals surface area (Å²) in [5.41, 5.74) is 2.39. The molecule has 0 saturated carbocycles. The molecule has 0 saturated heterocycles. The summed E-state index contributed by atoms with van der Waals surface area (Å²) in [6, 6.07) is 5.92. The van der Waals surface area contributed by atoms with E-state index >= 15 is 0 Å². The van der Waals surface area contributed by atoms with Gasteiger partial charge in [-0.05, 0) is 51.5 Å². The van der Waals surface area contributed by atoms with Crippen molar-refractivity contribution in [2.45, 2.75) is 61.0 Å². The summed E-state index contributed by atoms with van der Waals surface area (Å²) in [5, 5.41) is 2.76. The van der Waals surface area contributed by atoms with Gasteiger partial charge in [0, 0.05) is 36.3 Å². The van der Waals surface area contributed by atoms with E-state index in [1.807, 2.05) is 39.8 Å². The number of carbonyl (C=O) groups excluding carboxylic acids is 2. The predicted molar refractivity (Wildman–Crippen MR) is 103 cm³/mol. The normalized spacial score (nSPS) is 12.4. The van der Waals surface area contributed by atoms with E-state index in [9.17, 15) is 9.59 Å². The lowest BCUT2D eigenvalue weighted by molar-refractivity contribution is -0.128. The first-order valence-corrected chi connectivity index (χ1v) is 8.95. The number of rotatable bonds is 7. The Morgan fingerprint density at radius 2 is 1.80 bits per heavy atom. The molecule has 0 aliphatic carbocycles. The van der Waals surface area contributed by atoms with E-state index in [1.54, 1.807) is 6.92 Å². The summed E-state index contributed by atoms with van der Waals surface area (Å²) in [7, 11) is 0. The molecule has 1 unspecified atom stereocenters. The van der Waals surface area contributed by atoms with Crippen LogP contribution in [0.25, 0.3) is 0 Å². The topological polar surface area (TPSA) is 58.6 Å². The second-order valence-corrected chi connectivity index (χ2v) is 7.39. The number of hydrogen-bond donors (Lipinski definition) is 1. The van der Waals surface area contributed by atoms with E-state index in [0.29, 0.717) is 0 Å². The van der Waals surface area contributed by atoms with Gasteiger partial charge in [0.25, 0.3) is 0 Å². The van der Waals surface area contributed by atoms with Gasteiger partial charge in [-0.3, -0.25) is 10.1 Å². The largest absolute Gasteiger partial charge is 0.446 e. The first-order valence-electron chi connectivity index (χ1n) is 8.95. The number of hydrogen-bond acceptors (Lipinski definition) is 4. The molecule has 0 heterocycles. The highest BCUT2D eigenvalue weighted by atomic mass is 16.6. The van der Waals surface area contributed by atoms with Gasteiger partial charge in [0.1, 0.15) is 11.9 Å². The fourth-order valence-corrected chi connectivity index (χ4v) is 2.50. The number of amides is 1. The predicted octanol–water partition coefficient (Wildman–Crippen LogP) is 4.78. The average molecular weight is 348 g/mol. The van der Waals surface area contributed by atoms with E-state index in [4.69, 9.17) is 4.74 Å². The molecule has 5 nitrogen and oxygen atoms in total. The Labute approximate surface area is 151 Å². The number of carbonyl (C=O) groups is 2. The van der Waals surface area contributed by atoms with Crippen molar-refractivity contribution in [1.82, 2.24) is 0 Å². The van der Waals surface area contributed by atoms with Crippen molar-refractivity contribution in [3.8, 4) is 0 Å². The van der Waals surface area contributed by atoms with Gasteiger partial charge >= 0.3 is 6.09 Å². The molecule has 0 aliphatic rings. The highest BCUT2D eigenvalue weighted by molar-refractivity contribution is 5.87. The van der Waals surface area contributed by atoms with Crippen molar-refractivity contribution >= 4 is 23.3 Å². The molecule has 0 radical (unpaired) electrons. The summed E-state index contributed by atoms with van der Waals surface area (Å²) in [5.74, 6) is 0.0764. The summed E-state index contributed by atoms with van der Waals surface area (Å²) in [6.07, 6.45) is -0.772. The highest BCUT2D eigenvalue weighted by Gasteiger charge is 2.24. The maximum atomic E-state index is 12.1. The fourth-order valence-electron chi connectivity index (χ4n) is 2.50. The van der Waals surface area contributed by atoms with Crippen LogP contribution in [0.1, 0.15) is 53.5 Å². The van der Waals surface area contributed by atoms with Gasteiger partial charge in [-0.25, -0.2) is 4.79 Å². The second kappa shape index (κ2) is 8.88. The molecule has 1 atom stereocenters. The number of ketones is 1. The first-order chi connectivity index (χ1) is 11.6. The van der Waals surface area contributed by atoms with Crippen LogP contribution in [0.4, 0.5) is 16.2 Å². The van der Waals surface area contributed by atoms with Gasteiger partial charge < -0.3 is 9.64 Å². The van der Waals surface area contributed by atoms with Crippen LogP contribution in [0.2, 0.25) is 0 Å². The third-order valence-corrected chi connectivity index (χ3v) is 4.19. The minimum atomic E-state index is -0.534. The van der Waals surface area contributed by atoms with Crippen molar-refractivity contribution in [3.63, 3.8) is 0 Å². The van der Waals surface area contributed by atoms with E-state index in [2.05, 4.69) is 30.1 Å². The monoisotopic (exact) mass is 348 g/mol. The number of Topliss-reactive ketones (excluding diaryl/α,β-unsaturated/α-hetero) is 1. The van der Waals surface area contributed by atoms with Crippen LogP contribution in [0, 0.1) is 12.3 Å². The van der Waals surface area contributed by atoms with Gasteiger partial charge in [0.15, 0.2) is 0 Å². The Kier molecular flexibility index (Phi) is 7.46. The zero-order chi connectivity index (χ0) is 19.2. The summed E-state index contributed by atoms with van der Waals surface area (Å²) >= 11 is 0. The quantitative estimate of drug-likeness (QED) is 0.770. The van der Waals surface area contributed by atoms with Crippen molar-refractivity contribution < 1.29 is 14.3 Å². The Morgan fingerprint density at radius 1 is 1.20 bits per heavy atom.